The van der Waals surface area contributed by atoms with Gasteiger partial charge in [-0.3, -0.25) is 9.36 Å². The SMILES string of the molecule is COc1cccc([C@H]2O[C@H](CC(=O)O)c3nnc(CF)n3-c3ccc(Cl)cc32)c1OC. The van der Waals surface area contributed by atoms with Crippen molar-refractivity contribution in [2.24, 2.45) is 0 Å². The summed E-state index contributed by atoms with van der Waals surface area (Å²) in [5, 5.41) is 17.8. The van der Waals surface area contributed by atoms with Crippen molar-refractivity contribution in [3.63, 3.8) is 0 Å². The molecule has 0 unspecified atom stereocenters. The number of carbonyl (C=O) groups is 1. The van der Waals surface area contributed by atoms with Crippen molar-refractivity contribution in [1.29, 1.82) is 0 Å². The van der Waals surface area contributed by atoms with Gasteiger partial charge in [0, 0.05) is 16.1 Å². The Morgan fingerprint density at radius 3 is 2.71 bits per heavy atom. The standard InChI is InChI=1S/C21H19ClFN3O5/c1-29-15-5-3-4-12(20(15)30-2)19-13-8-11(22)6-7-14(13)26-17(10-23)24-25-21(26)16(31-19)9-18(27)28/h3-8,16,19H,9-10H2,1-2H3,(H,27,28)/t16-,19-/m1/s1. The lowest BCUT2D eigenvalue weighted by Crippen LogP contribution is -2.15. The summed E-state index contributed by atoms with van der Waals surface area (Å²) in [4.78, 5) is 11.6. The van der Waals surface area contributed by atoms with Gasteiger partial charge < -0.3 is 19.3 Å². The average Bonchev–Trinajstić information content (AvgIpc) is 3.14. The molecule has 0 fully saturated rings. The molecule has 1 N–H and O–H groups in total. The minimum atomic E-state index is -1.10. The molecule has 0 spiro atoms. The number of carboxylic acids is 1. The maximum Gasteiger partial charge on any atom is 0.306 e. The minimum Gasteiger partial charge on any atom is -0.493 e. The molecule has 0 aliphatic carbocycles. The summed E-state index contributed by atoms with van der Waals surface area (Å²) in [5.74, 6) is 0.0499. The normalized spacial score (nSPS) is 17.4. The third-order valence-corrected chi connectivity index (χ3v) is 5.29. The molecule has 2 atom stereocenters. The number of hydrogen-bond acceptors (Lipinski definition) is 6. The van der Waals surface area contributed by atoms with Gasteiger partial charge in [0.25, 0.3) is 0 Å². The third-order valence-electron chi connectivity index (χ3n) is 5.05. The molecular weight excluding hydrogens is 429 g/mol. The highest BCUT2D eigenvalue weighted by Crippen LogP contribution is 2.46. The lowest BCUT2D eigenvalue weighted by atomic mass is 9.98. The summed E-state index contributed by atoms with van der Waals surface area (Å²) in [5.41, 5.74) is 1.73. The largest absolute Gasteiger partial charge is 0.493 e. The second-order valence-corrected chi connectivity index (χ2v) is 7.27. The van der Waals surface area contributed by atoms with E-state index in [1.54, 1.807) is 36.4 Å². The lowest BCUT2D eigenvalue weighted by Gasteiger charge is -2.24. The molecule has 0 saturated carbocycles. The van der Waals surface area contributed by atoms with Crippen LogP contribution in [-0.2, 0) is 16.2 Å². The fraction of sp³-hybridized carbons (Fsp3) is 0.286. The molecule has 31 heavy (non-hydrogen) atoms. The van der Waals surface area contributed by atoms with E-state index in [9.17, 15) is 14.3 Å². The maximum atomic E-state index is 13.7. The first-order chi connectivity index (χ1) is 15.0. The molecular formula is C21H19ClFN3O5. The van der Waals surface area contributed by atoms with Crippen molar-refractivity contribution in [3.8, 4) is 17.2 Å². The van der Waals surface area contributed by atoms with Crippen LogP contribution in [0.15, 0.2) is 36.4 Å². The van der Waals surface area contributed by atoms with Crippen LogP contribution in [-0.4, -0.2) is 40.1 Å². The van der Waals surface area contributed by atoms with Gasteiger partial charge >= 0.3 is 5.97 Å². The van der Waals surface area contributed by atoms with Gasteiger partial charge in [-0.15, -0.1) is 10.2 Å². The number of fused-ring (bicyclic) bond motifs is 3. The van der Waals surface area contributed by atoms with Crippen LogP contribution >= 0.6 is 11.6 Å². The van der Waals surface area contributed by atoms with Crippen molar-refractivity contribution < 1.29 is 28.5 Å². The summed E-state index contributed by atoms with van der Waals surface area (Å²) >= 11 is 6.29. The molecule has 1 aliphatic heterocycles. The van der Waals surface area contributed by atoms with Crippen LogP contribution < -0.4 is 9.47 Å². The van der Waals surface area contributed by atoms with Gasteiger partial charge in [0.05, 0.1) is 26.3 Å². The Morgan fingerprint density at radius 2 is 2.03 bits per heavy atom. The van der Waals surface area contributed by atoms with Crippen LogP contribution in [0.1, 0.15) is 41.4 Å². The lowest BCUT2D eigenvalue weighted by molar-refractivity contribution is -0.141. The Labute approximate surface area is 182 Å². The van der Waals surface area contributed by atoms with Gasteiger partial charge in [-0.1, -0.05) is 23.7 Å². The van der Waals surface area contributed by atoms with E-state index in [1.165, 1.54) is 18.8 Å². The van der Waals surface area contributed by atoms with Crippen molar-refractivity contribution >= 4 is 17.6 Å². The van der Waals surface area contributed by atoms with E-state index < -0.39 is 31.3 Å². The average molecular weight is 448 g/mol. The van der Waals surface area contributed by atoms with E-state index in [4.69, 9.17) is 25.8 Å². The number of para-hydroxylation sites is 1. The first-order valence-corrected chi connectivity index (χ1v) is 9.74. The highest BCUT2D eigenvalue weighted by atomic mass is 35.5. The molecule has 1 aliphatic rings. The molecule has 0 bridgehead atoms. The Hall–Kier alpha value is -3.17. The van der Waals surface area contributed by atoms with Crippen LogP contribution in [0.2, 0.25) is 5.02 Å². The Bertz CT molecular complexity index is 1140. The second-order valence-electron chi connectivity index (χ2n) is 6.83. The molecule has 4 rings (SSSR count). The number of alkyl halides is 1. The van der Waals surface area contributed by atoms with Crippen molar-refractivity contribution in [3.05, 3.63) is 64.2 Å². The Morgan fingerprint density at radius 1 is 1.23 bits per heavy atom. The zero-order valence-electron chi connectivity index (χ0n) is 16.7. The summed E-state index contributed by atoms with van der Waals surface area (Å²) in [6, 6.07) is 10.4. The Balaban J connectivity index is 2.00. The number of halogens is 2. The summed E-state index contributed by atoms with van der Waals surface area (Å²) in [6.07, 6.45) is -2.19. The van der Waals surface area contributed by atoms with Gasteiger partial charge in [-0.25, -0.2) is 4.39 Å². The van der Waals surface area contributed by atoms with Crippen LogP contribution in [0, 0.1) is 0 Å². The molecule has 8 nitrogen and oxygen atoms in total. The predicted molar refractivity (Wildman–Crippen MR) is 109 cm³/mol. The molecule has 3 aromatic rings. The molecule has 162 valence electrons. The molecule has 2 heterocycles. The first kappa shape index (κ1) is 21.1. The molecule has 0 amide bonds. The van der Waals surface area contributed by atoms with Crippen LogP contribution in [0.3, 0.4) is 0 Å². The van der Waals surface area contributed by atoms with Gasteiger partial charge in [0.1, 0.15) is 18.9 Å². The fourth-order valence-corrected chi connectivity index (χ4v) is 3.96. The first-order valence-electron chi connectivity index (χ1n) is 9.36. The summed E-state index contributed by atoms with van der Waals surface area (Å²) < 4.78 is 32.5. The fourth-order valence-electron chi connectivity index (χ4n) is 3.78. The molecule has 1 aromatic heterocycles. The maximum absolute atomic E-state index is 13.7. The number of rotatable bonds is 6. The summed E-state index contributed by atoms with van der Waals surface area (Å²) in [7, 11) is 3.02. The van der Waals surface area contributed by atoms with Gasteiger partial charge in [-0.2, -0.15) is 0 Å². The molecule has 0 radical (unpaired) electrons. The van der Waals surface area contributed by atoms with E-state index in [1.807, 2.05) is 0 Å². The van der Waals surface area contributed by atoms with Gasteiger partial charge in [0.15, 0.2) is 23.1 Å². The van der Waals surface area contributed by atoms with Crippen LogP contribution in [0.4, 0.5) is 4.39 Å². The van der Waals surface area contributed by atoms with E-state index in [-0.39, 0.29) is 11.6 Å². The number of aromatic nitrogens is 3. The van der Waals surface area contributed by atoms with E-state index in [2.05, 4.69) is 10.2 Å². The van der Waals surface area contributed by atoms with Gasteiger partial charge in [0.2, 0.25) is 0 Å². The molecule has 10 heteroatoms. The highest BCUT2D eigenvalue weighted by molar-refractivity contribution is 6.30. The monoisotopic (exact) mass is 447 g/mol. The van der Waals surface area contributed by atoms with E-state index in [0.717, 1.165) is 0 Å². The molecule has 0 saturated heterocycles. The number of aliphatic carboxylic acids is 1. The zero-order chi connectivity index (χ0) is 22.1. The smallest absolute Gasteiger partial charge is 0.306 e. The number of methoxy groups -OCH3 is 2. The van der Waals surface area contributed by atoms with Crippen LogP contribution in [0.25, 0.3) is 5.69 Å². The third kappa shape index (κ3) is 3.70. The minimum absolute atomic E-state index is 0.0378. The second kappa shape index (κ2) is 8.52. The topological polar surface area (TPSA) is 95.7 Å². The van der Waals surface area contributed by atoms with Gasteiger partial charge in [-0.05, 0) is 24.3 Å². The zero-order valence-corrected chi connectivity index (χ0v) is 17.5. The van der Waals surface area contributed by atoms with Crippen molar-refractivity contribution in [1.82, 2.24) is 14.8 Å². The number of ether oxygens (including phenoxy) is 3. The predicted octanol–water partition coefficient (Wildman–Crippen LogP) is 4.04. The number of nitrogens with zero attached hydrogens (tertiary/aromatic N) is 3. The van der Waals surface area contributed by atoms with E-state index >= 15 is 0 Å². The quantitative estimate of drug-likeness (QED) is 0.609. The number of benzene rings is 2. The van der Waals surface area contributed by atoms with Crippen LogP contribution in [0.5, 0.6) is 11.5 Å². The summed E-state index contributed by atoms with van der Waals surface area (Å²) in [6.45, 7) is -0.887. The molecule has 2 aromatic carbocycles. The van der Waals surface area contributed by atoms with Crippen molar-refractivity contribution in [2.75, 3.05) is 14.2 Å². The Kier molecular flexibility index (Phi) is 5.79. The number of hydrogen-bond donors (Lipinski definition) is 1. The highest BCUT2D eigenvalue weighted by Gasteiger charge is 2.36. The van der Waals surface area contributed by atoms with Crippen molar-refractivity contribution in [2.45, 2.75) is 25.3 Å². The van der Waals surface area contributed by atoms with E-state index in [0.29, 0.717) is 33.3 Å². The number of carboxylic acid groups (broad SMARTS) is 1.